The monoisotopic (exact) mass is 299 g/mol. The Kier molecular flexibility index (Phi) is 8.08. The van der Waals surface area contributed by atoms with Crippen LogP contribution in [0.25, 0.3) is 0 Å². The molecule has 9 nitrogen and oxygen atoms in total. The van der Waals surface area contributed by atoms with E-state index in [1.54, 1.807) is 0 Å². The summed E-state index contributed by atoms with van der Waals surface area (Å²) in [5.74, 6) is -3.00. The Labute approximate surface area is 121 Å². The van der Waals surface area contributed by atoms with Gasteiger partial charge in [0.05, 0.1) is 6.54 Å². The summed E-state index contributed by atoms with van der Waals surface area (Å²) in [4.78, 5) is 44.6. The standard InChI is InChI=1S/C12H18N4O5/c1-3-9(17)14-5-7(13)11(19)16-8(12(20)21)6-15-10(18)4-2/h3-4,7-8H,1-2,5-6,13H2,(H,14,17)(H,15,18)(H,16,19)(H,20,21)/p+1/t7-,8-/m0/s1. The molecule has 0 aromatic rings. The molecule has 0 bridgehead atoms. The summed E-state index contributed by atoms with van der Waals surface area (Å²) in [5.41, 5.74) is 3.51. The first kappa shape index (κ1) is 18.3. The van der Waals surface area contributed by atoms with Crippen molar-refractivity contribution in [3.63, 3.8) is 0 Å². The van der Waals surface area contributed by atoms with Crippen molar-refractivity contribution >= 4 is 23.7 Å². The van der Waals surface area contributed by atoms with Gasteiger partial charge in [-0.2, -0.15) is 0 Å². The Morgan fingerprint density at radius 1 is 1.05 bits per heavy atom. The van der Waals surface area contributed by atoms with Gasteiger partial charge >= 0.3 is 5.97 Å². The molecule has 0 aliphatic heterocycles. The van der Waals surface area contributed by atoms with Crippen LogP contribution >= 0.6 is 0 Å². The van der Waals surface area contributed by atoms with Crippen molar-refractivity contribution in [2.45, 2.75) is 12.1 Å². The molecule has 0 saturated carbocycles. The molecule has 0 fully saturated rings. The maximum atomic E-state index is 11.7. The van der Waals surface area contributed by atoms with Crippen molar-refractivity contribution in [2.75, 3.05) is 13.1 Å². The Hall–Kier alpha value is -2.68. The van der Waals surface area contributed by atoms with E-state index in [1.807, 2.05) is 0 Å². The van der Waals surface area contributed by atoms with Crippen molar-refractivity contribution in [3.8, 4) is 0 Å². The maximum Gasteiger partial charge on any atom is 0.328 e. The molecule has 0 aromatic carbocycles. The van der Waals surface area contributed by atoms with Crippen LogP contribution in [0.1, 0.15) is 0 Å². The predicted octanol–water partition coefficient (Wildman–Crippen LogP) is -3.23. The topological polar surface area (TPSA) is 152 Å². The van der Waals surface area contributed by atoms with Crippen LogP contribution in [0.2, 0.25) is 0 Å². The van der Waals surface area contributed by atoms with Crippen molar-refractivity contribution in [1.29, 1.82) is 0 Å². The van der Waals surface area contributed by atoms with Gasteiger partial charge in [0.25, 0.3) is 5.91 Å². The number of hydrogen-bond donors (Lipinski definition) is 5. The number of rotatable bonds is 9. The zero-order valence-corrected chi connectivity index (χ0v) is 11.4. The summed E-state index contributed by atoms with van der Waals surface area (Å²) >= 11 is 0. The Bertz CT molecular complexity index is 449. The van der Waals surface area contributed by atoms with E-state index in [4.69, 9.17) is 5.11 Å². The first-order chi connectivity index (χ1) is 9.81. The van der Waals surface area contributed by atoms with Crippen LogP contribution in [-0.4, -0.2) is 54.0 Å². The van der Waals surface area contributed by atoms with Gasteiger partial charge in [-0.05, 0) is 12.2 Å². The van der Waals surface area contributed by atoms with Gasteiger partial charge in [0, 0.05) is 6.54 Å². The lowest BCUT2D eigenvalue weighted by Crippen LogP contribution is -2.72. The fourth-order valence-corrected chi connectivity index (χ4v) is 1.15. The number of carbonyl (C=O) groups is 4. The van der Waals surface area contributed by atoms with Crippen molar-refractivity contribution in [3.05, 3.63) is 25.3 Å². The molecule has 0 spiro atoms. The van der Waals surface area contributed by atoms with E-state index in [0.717, 1.165) is 12.2 Å². The molecule has 9 heteroatoms. The van der Waals surface area contributed by atoms with E-state index >= 15 is 0 Å². The van der Waals surface area contributed by atoms with Crippen LogP contribution in [0, 0.1) is 0 Å². The summed E-state index contributed by atoms with van der Waals surface area (Å²) in [5, 5.41) is 15.8. The van der Waals surface area contributed by atoms with Gasteiger partial charge in [0.1, 0.15) is 6.04 Å². The van der Waals surface area contributed by atoms with Crippen LogP contribution in [0.15, 0.2) is 25.3 Å². The summed E-state index contributed by atoms with van der Waals surface area (Å²) in [7, 11) is 0. The normalized spacial score (nSPS) is 12.4. The molecule has 0 radical (unpaired) electrons. The van der Waals surface area contributed by atoms with Crippen LogP contribution in [0.4, 0.5) is 0 Å². The fourth-order valence-electron chi connectivity index (χ4n) is 1.15. The Morgan fingerprint density at radius 2 is 1.52 bits per heavy atom. The Balaban J connectivity index is 4.42. The van der Waals surface area contributed by atoms with Crippen molar-refractivity contribution in [2.24, 2.45) is 0 Å². The first-order valence-electron chi connectivity index (χ1n) is 5.98. The zero-order valence-electron chi connectivity index (χ0n) is 11.4. The second kappa shape index (κ2) is 9.26. The summed E-state index contributed by atoms with van der Waals surface area (Å²) < 4.78 is 0. The summed E-state index contributed by atoms with van der Waals surface area (Å²) in [6.07, 6.45) is 2.02. The average molecular weight is 299 g/mol. The highest BCUT2D eigenvalue weighted by atomic mass is 16.4. The van der Waals surface area contributed by atoms with E-state index in [9.17, 15) is 19.2 Å². The van der Waals surface area contributed by atoms with Crippen LogP contribution in [-0.2, 0) is 19.2 Å². The lowest BCUT2D eigenvalue weighted by molar-refractivity contribution is -0.401. The second-order valence-corrected chi connectivity index (χ2v) is 3.99. The lowest BCUT2D eigenvalue weighted by atomic mass is 10.2. The molecule has 0 aliphatic carbocycles. The molecule has 0 aromatic heterocycles. The molecule has 0 unspecified atom stereocenters. The highest BCUT2D eigenvalue weighted by Gasteiger charge is 2.25. The average Bonchev–Trinajstić information content (AvgIpc) is 2.47. The molecule has 0 rings (SSSR count). The summed E-state index contributed by atoms with van der Waals surface area (Å²) in [6.45, 7) is 6.10. The number of carbonyl (C=O) groups excluding carboxylic acids is 3. The number of carboxylic acids is 1. The molecule has 2 atom stereocenters. The molecule has 21 heavy (non-hydrogen) atoms. The van der Waals surface area contributed by atoms with Gasteiger partial charge in [-0.25, -0.2) is 4.79 Å². The number of aliphatic carboxylic acids is 1. The van der Waals surface area contributed by atoms with Gasteiger partial charge in [-0.1, -0.05) is 13.2 Å². The number of amides is 3. The van der Waals surface area contributed by atoms with Gasteiger partial charge in [0.2, 0.25) is 11.8 Å². The minimum atomic E-state index is -1.31. The highest BCUT2D eigenvalue weighted by Crippen LogP contribution is 1.86. The van der Waals surface area contributed by atoms with Gasteiger partial charge in [-0.15, -0.1) is 0 Å². The van der Waals surface area contributed by atoms with E-state index in [-0.39, 0.29) is 13.1 Å². The van der Waals surface area contributed by atoms with Crippen LogP contribution in [0.3, 0.4) is 0 Å². The van der Waals surface area contributed by atoms with E-state index in [0.29, 0.717) is 0 Å². The SMILES string of the molecule is C=CC(=O)NC[C@H](NC(=O)[C@@H]([NH3+])CNC(=O)C=C)C(=O)O. The number of hydrogen-bond acceptors (Lipinski definition) is 4. The van der Waals surface area contributed by atoms with Crippen molar-refractivity contribution < 1.29 is 30.0 Å². The largest absolute Gasteiger partial charge is 0.480 e. The zero-order chi connectivity index (χ0) is 16.4. The third-order valence-corrected chi connectivity index (χ3v) is 2.36. The fraction of sp³-hybridized carbons (Fsp3) is 0.333. The van der Waals surface area contributed by atoms with Crippen LogP contribution < -0.4 is 21.7 Å². The molecule has 0 aliphatic rings. The molecule has 116 valence electrons. The number of quaternary nitrogens is 1. The smallest absolute Gasteiger partial charge is 0.328 e. The summed E-state index contributed by atoms with van der Waals surface area (Å²) in [6, 6.07) is -2.19. The van der Waals surface area contributed by atoms with Crippen molar-refractivity contribution in [1.82, 2.24) is 16.0 Å². The predicted molar refractivity (Wildman–Crippen MR) is 72.7 cm³/mol. The van der Waals surface area contributed by atoms with Gasteiger partial charge in [0.15, 0.2) is 6.04 Å². The molecular formula is C12H19N4O5+. The number of nitrogens with one attached hydrogen (secondary N) is 3. The molecule has 0 heterocycles. The third kappa shape index (κ3) is 7.47. The molecule has 3 amide bonds. The molecular weight excluding hydrogens is 280 g/mol. The third-order valence-electron chi connectivity index (χ3n) is 2.36. The number of carboxylic acid groups (broad SMARTS) is 1. The maximum absolute atomic E-state index is 11.7. The van der Waals surface area contributed by atoms with Gasteiger partial charge in [-0.3, -0.25) is 14.4 Å². The minimum absolute atomic E-state index is 0.0674. The quantitative estimate of drug-likeness (QED) is 0.283. The minimum Gasteiger partial charge on any atom is -0.480 e. The van der Waals surface area contributed by atoms with Crippen LogP contribution in [0.5, 0.6) is 0 Å². The second-order valence-electron chi connectivity index (χ2n) is 3.99. The van der Waals surface area contributed by atoms with E-state index < -0.39 is 35.8 Å². The molecule has 7 N–H and O–H groups in total. The Morgan fingerprint density at radius 3 is 1.95 bits per heavy atom. The van der Waals surface area contributed by atoms with Gasteiger partial charge < -0.3 is 26.8 Å². The first-order valence-corrected chi connectivity index (χ1v) is 5.98. The van der Waals surface area contributed by atoms with E-state index in [1.165, 1.54) is 0 Å². The lowest BCUT2D eigenvalue weighted by Gasteiger charge is -2.16. The highest BCUT2D eigenvalue weighted by molar-refractivity contribution is 5.90. The van der Waals surface area contributed by atoms with E-state index in [2.05, 4.69) is 34.8 Å². The molecule has 0 saturated heterocycles.